The Morgan fingerprint density at radius 1 is 1.04 bits per heavy atom. The van der Waals surface area contributed by atoms with Gasteiger partial charge in [-0.15, -0.1) is 10.2 Å². The van der Waals surface area contributed by atoms with Gasteiger partial charge in [0.15, 0.2) is 5.82 Å². The third-order valence-electron chi connectivity index (χ3n) is 2.97. The molecule has 0 unspecified atom stereocenters. The minimum absolute atomic E-state index is 0.00751. The summed E-state index contributed by atoms with van der Waals surface area (Å²) in [6.07, 6.45) is 0. The van der Waals surface area contributed by atoms with Crippen LogP contribution in [0.3, 0.4) is 0 Å². The van der Waals surface area contributed by atoms with E-state index in [1.54, 1.807) is 6.07 Å². The molecule has 130 valence electrons. The SMILES string of the molecule is CN(C)CCNc1ccc(NS(=O)(=O)c2ccc(Cl)c(Cl)c2)nn1. The molecule has 0 aliphatic heterocycles. The molecule has 0 aliphatic rings. The summed E-state index contributed by atoms with van der Waals surface area (Å²) in [6, 6.07) is 7.23. The number of hydrogen-bond donors (Lipinski definition) is 2. The van der Waals surface area contributed by atoms with E-state index >= 15 is 0 Å². The zero-order valence-electron chi connectivity index (χ0n) is 13.1. The van der Waals surface area contributed by atoms with E-state index in [9.17, 15) is 8.42 Å². The highest BCUT2D eigenvalue weighted by Gasteiger charge is 2.16. The Bertz CT molecular complexity index is 797. The van der Waals surface area contributed by atoms with Gasteiger partial charge in [-0.2, -0.15) is 0 Å². The van der Waals surface area contributed by atoms with E-state index in [-0.39, 0.29) is 20.8 Å². The van der Waals surface area contributed by atoms with Crippen LogP contribution in [0.15, 0.2) is 35.2 Å². The number of benzene rings is 1. The second-order valence-electron chi connectivity index (χ2n) is 5.22. The van der Waals surface area contributed by atoms with Crippen LogP contribution in [0.4, 0.5) is 11.6 Å². The average molecular weight is 390 g/mol. The zero-order chi connectivity index (χ0) is 17.7. The first kappa shape index (κ1) is 18.7. The lowest BCUT2D eigenvalue weighted by molar-refractivity contribution is 0.425. The molecule has 1 aromatic carbocycles. The molecule has 7 nitrogen and oxygen atoms in total. The van der Waals surface area contributed by atoms with E-state index in [0.717, 1.165) is 6.54 Å². The Morgan fingerprint density at radius 2 is 1.71 bits per heavy atom. The number of rotatable bonds is 7. The molecule has 1 heterocycles. The maximum Gasteiger partial charge on any atom is 0.263 e. The summed E-state index contributed by atoms with van der Waals surface area (Å²) >= 11 is 11.6. The molecule has 0 aliphatic carbocycles. The van der Waals surface area contributed by atoms with Crippen LogP contribution < -0.4 is 10.0 Å². The smallest absolute Gasteiger partial charge is 0.263 e. The van der Waals surface area contributed by atoms with Gasteiger partial charge in [0, 0.05) is 13.1 Å². The highest BCUT2D eigenvalue weighted by Crippen LogP contribution is 2.25. The summed E-state index contributed by atoms with van der Waals surface area (Å²) in [5, 5.41) is 11.3. The van der Waals surface area contributed by atoms with E-state index in [1.807, 2.05) is 19.0 Å². The fraction of sp³-hybridized carbons (Fsp3) is 0.286. The predicted octanol–water partition coefficient (Wildman–Crippen LogP) is 2.56. The number of hydrogen-bond acceptors (Lipinski definition) is 6. The number of likely N-dealkylation sites (N-methyl/N-ethyl adjacent to an activating group) is 1. The molecular weight excluding hydrogens is 373 g/mol. The summed E-state index contributed by atoms with van der Waals surface area (Å²) in [5.41, 5.74) is 0. The number of aromatic nitrogens is 2. The van der Waals surface area contributed by atoms with Gasteiger partial charge in [-0.25, -0.2) is 8.42 Å². The highest BCUT2D eigenvalue weighted by atomic mass is 35.5. The molecule has 0 saturated carbocycles. The molecule has 10 heteroatoms. The minimum atomic E-state index is -3.82. The van der Waals surface area contributed by atoms with Crippen LogP contribution in [-0.4, -0.2) is 50.7 Å². The van der Waals surface area contributed by atoms with Crippen molar-refractivity contribution in [2.45, 2.75) is 4.90 Å². The van der Waals surface area contributed by atoms with Crippen molar-refractivity contribution in [3.63, 3.8) is 0 Å². The first-order valence-corrected chi connectivity index (χ1v) is 9.22. The number of anilines is 2. The van der Waals surface area contributed by atoms with Crippen molar-refractivity contribution >= 4 is 44.9 Å². The summed E-state index contributed by atoms with van der Waals surface area (Å²) in [6.45, 7) is 1.55. The Hall–Kier alpha value is -1.61. The van der Waals surface area contributed by atoms with Crippen molar-refractivity contribution < 1.29 is 8.42 Å². The van der Waals surface area contributed by atoms with E-state index in [4.69, 9.17) is 23.2 Å². The number of sulfonamides is 1. The maximum atomic E-state index is 12.3. The third kappa shape index (κ3) is 5.20. The molecule has 2 rings (SSSR count). The van der Waals surface area contributed by atoms with Crippen LogP contribution in [0.2, 0.25) is 10.0 Å². The molecule has 0 saturated heterocycles. The van der Waals surface area contributed by atoms with Gasteiger partial charge in [-0.3, -0.25) is 4.72 Å². The maximum absolute atomic E-state index is 12.3. The third-order valence-corrected chi connectivity index (χ3v) is 5.06. The van der Waals surface area contributed by atoms with Gasteiger partial charge in [0.2, 0.25) is 0 Å². The number of nitrogens with one attached hydrogen (secondary N) is 2. The van der Waals surface area contributed by atoms with Crippen LogP contribution in [0.5, 0.6) is 0 Å². The van der Waals surface area contributed by atoms with E-state index in [1.165, 1.54) is 24.3 Å². The average Bonchev–Trinajstić information content (AvgIpc) is 2.51. The molecule has 0 atom stereocenters. The second-order valence-corrected chi connectivity index (χ2v) is 7.71. The lowest BCUT2D eigenvalue weighted by Gasteiger charge is -2.11. The first-order valence-electron chi connectivity index (χ1n) is 6.98. The molecule has 0 bridgehead atoms. The van der Waals surface area contributed by atoms with Gasteiger partial charge in [0.1, 0.15) is 5.82 Å². The van der Waals surface area contributed by atoms with Gasteiger partial charge in [0.05, 0.1) is 14.9 Å². The topological polar surface area (TPSA) is 87.2 Å². The van der Waals surface area contributed by atoms with Gasteiger partial charge in [-0.1, -0.05) is 23.2 Å². The molecular formula is C14H17Cl2N5O2S. The first-order chi connectivity index (χ1) is 11.3. The lowest BCUT2D eigenvalue weighted by Crippen LogP contribution is -2.21. The molecule has 2 aromatic rings. The summed E-state index contributed by atoms with van der Waals surface area (Å²) in [4.78, 5) is 2.02. The Balaban J connectivity index is 2.05. The predicted molar refractivity (Wildman–Crippen MR) is 96.3 cm³/mol. The molecule has 1 aromatic heterocycles. The van der Waals surface area contributed by atoms with Crippen LogP contribution in [-0.2, 0) is 10.0 Å². The molecule has 0 spiro atoms. The fourth-order valence-electron chi connectivity index (χ4n) is 1.73. The van der Waals surface area contributed by atoms with Crippen LogP contribution in [0.1, 0.15) is 0 Å². The standard InChI is InChI=1S/C14H17Cl2N5O2S/c1-21(2)8-7-17-13-5-6-14(19-18-13)20-24(22,23)10-3-4-11(15)12(16)9-10/h3-6,9H,7-8H2,1-2H3,(H,17,18)(H,19,20). The fourth-order valence-corrected chi connectivity index (χ4v) is 3.11. The lowest BCUT2D eigenvalue weighted by atomic mass is 10.4. The minimum Gasteiger partial charge on any atom is -0.367 e. The van der Waals surface area contributed by atoms with Crippen molar-refractivity contribution in [3.05, 3.63) is 40.4 Å². The van der Waals surface area contributed by atoms with Crippen LogP contribution in [0.25, 0.3) is 0 Å². The molecule has 2 N–H and O–H groups in total. The molecule has 0 amide bonds. The zero-order valence-corrected chi connectivity index (χ0v) is 15.5. The van der Waals surface area contributed by atoms with E-state index < -0.39 is 10.0 Å². The van der Waals surface area contributed by atoms with Crippen molar-refractivity contribution in [3.8, 4) is 0 Å². The van der Waals surface area contributed by atoms with Gasteiger partial charge >= 0.3 is 0 Å². The van der Waals surface area contributed by atoms with Gasteiger partial charge in [0.25, 0.3) is 10.0 Å². The number of halogens is 2. The summed E-state index contributed by atoms with van der Waals surface area (Å²) < 4.78 is 26.9. The molecule has 24 heavy (non-hydrogen) atoms. The Labute approximate surface area is 151 Å². The van der Waals surface area contributed by atoms with Crippen molar-refractivity contribution in [1.29, 1.82) is 0 Å². The van der Waals surface area contributed by atoms with Gasteiger partial charge in [-0.05, 0) is 44.4 Å². The summed E-state index contributed by atoms with van der Waals surface area (Å²) in [7, 11) is 0.117. The van der Waals surface area contributed by atoms with Crippen molar-refractivity contribution in [1.82, 2.24) is 15.1 Å². The molecule has 0 fully saturated rings. The van der Waals surface area contributed by atoms with Crippen LogP contribution in [0, 0.1) is 0 Å². The normalized spacial score (nSPS) is 11.5. The van der Waals surface area contributed by atoms with Crippen molar-refractivity contribution in [2.24, 2.45) is 0 Å². The van der Waals surface area contributed by atoms with E-state index in [2.05, 4.69) is 20.2 Å². The van der Waals surface area contributed by atoms with Gasteiger partial charge < -0.3 is 10.2 Å². The molecule has 0 radical (unpaired) electrons. The number of nitrogens with zero attached hydrogens (tertiary/aromatic N) is 3. The second kappa shape index (κ2) is 7.98. The highest BCUT2D eigenvalue weighted by molar-refractivity contribution is 7.92. The van der Waals surface area contributed by atoms with E-state index in [0.29, 0.717) is 12.4 Å². The monoisotopic (exact) mass is 389 g/mol. The largest absolute Gasteiger partial charge is 0.367 e. The van der Waals surface area contributed by atoms with Crippen LogP contribution >= 0.6 is 23.2 Å². The quantitative estimate of drug-likeness (QED) is 0.756. The summed E-state index contributed by atoms with van der Waals surface area (Å²) in [5.74, 6) is 0.675. The Kier molecular flexibility index (Phi) is 6.22. The Morgan fingerprint density at radius 3 is 2.29 bits per heavy atom. The van der Waals surface area contributed by atoms with Crippen molar-refractivity contribution in [2.75, 3.05) is 37.2 Å².